The summed E-state index contributed by atoms with van der Waals surface area (Å²) in [6, 6.07) is 12.4. The Hall–Kier alpha value is -2.75. The minimum atomic E-state index is -0.368. The third-order valence-electron chi connectivity index (χ3n) is 3.23. The van der Waals surface area contributed by atoms with Gasteiger partial charge in [0.05, 0.1) is 27.1 Å². The summed E-state index contributed by atoms with van der Waals surface area (Å²) in [6.07, 6.45) is 3.50. The van der Waals surface area contributed by atoms with Crippen molar-refractivity contribution in [2.45, 2.75) is 6.92 Å². The van der Waals surface area contributed by atoms with Gasteiger partial charge in [0.2, 0.25) is 0 Å². The van der Waals surface area contributed by atoms with E-state index in [-0.39, 0.29) is 11.6 Å². The molecule has 4 heteroatoms. The lowest BCUT2D eigenvalue weighted by Crippen LogP contribution is -1.89. The standard InChI is InChI=1S/C14H13FO2.C6H10O/c1-16-12-5-3-4-10(8-12)11-6-7-14(17-2)13(15)9-11;1-4-5-6(2)7-3/h3-9H,1-2H3;4-5H,1H2,2-3H3/b;6-5+. The van der Waals surface area contributed by atoms with Crippen LogP contribution >= 0.6 is 0 Å². The Bertz CT molecular complexity index is 693. The maximum absolute atomic E-state index is 13.6. The van der Waals surface area contributed by atoms with E-state index in [0.29, 0.717) is 0 Å². The van der Waals surface area contributed by atoms with Crippen LogP contribution < -0.4 is 9.47 Å². The molecule has 2 aromatic rings. The maximum Gasteiger partial charge on any atom is 0.165 e. The van der Waals surface area contributed by atoms with Crippen LogP contribution in [0.2, 0.25) is 0 Å². The molecular weight excluding hydrogens is 307 g/mol. The van der Waals surface area contributed by atoms with Crippen molar-refractivity contribution in [1.29, 1.82) is 0 Å². The average molecular weight is 330 g/mol. The van der Waals surface area contributed by atoms with E-state index in [1.807, 2.05) is 37.3 Å². The second-order valence-electron chi connectivity index (χ2n) is 4.80. The molecule has 0 saturated carbocycles. The number of halogens is 1. The lowest BCUT2D eigenvalue weighted by molar-refractivity contribution is 0.294. The first-order chi connectivity index (χ1) is 11.5. The number of methoxy groups -OCH3 is 3. The van der Waals surface area contributed by atoms with Crippen LogP contribution in [0, 0.1) is 5.82 Å². The van der Waals surface area contributed by atoms with E-state index >= 15 is 0 Å². The molecule has 0 atom stereocenters. The lowest BCUT2D eigenvalue weighted by atomic mass is 10.1. The van der Waals surface area contributed by atoms with Gasteiger partial charge >= 0.3 is 0 Å². The van der Waals surface area contributed by atoms with Gasteiger partial charge in [-0.15, -0.1) is 0 Å². The van der Waals surface area contributed by atoms with E-state index in [1.54, 1.807) is 32.4 Å². The van der Waals surface area contributed by atoms with Gasteiger partial charge in [-0.05, 0) is 48.4 Å². The summed E-state index contributed by atoms with van der Waals surface area (Å²) in [5.74, 6) is 1.51. The molecule has 0 saturated heterocycles. The largest absolute Gasteiger partial charge is 0.501 e. The second-order valence-corrected chi connectivity index (χ2v) is 4.80. The van der Waals surface area contributed by atoms with Crippen molar-refractivity contribution in [2.75, 3.05) is 21.3 Å². The molecule has 0 heterocycles. The van der Waals surface area contributed by atoms with Crippen LogP contribution in [0.25, 0.3) is 11.1 Å². The van der Waals surface area contributed by atoms with Crippen molar-refractivity contribution >= 4 is 0 Å². The van der Waals surface area contributed by atoms with Gasteiger partial charge in [0.15, 0.2) is 11.6 Å². The highest BCUT2D eigenvalue weighted by atomic mass is 19.1. The molecule has 0 N–H and O–H groups in total. The van der Waals surface area contributed by atoms with Crippen LogP contribution in [0.15, 0.2) is 67.0 Å². The van der Waals surface area contributed by atoms with E-state index in [4.69, 9.17) is 14.2 Å². The minimum absolute atomic E-state index is 0.247. The van der Waals surface area contributed by atoms with Crippen molar-refractivity contribution in [3.8, 4) is 22.6 Å². The Morgan fingerprint density at radius 3 is 2.21 bits per heavy atom. The smallest absolute Gasteiger partial charge is 0.165 e. The van der Waals surface area contributed by atoms with Gasteiger partial charge in [-0.1, -0.05) is 30.9 Å². The molecule has 128 valence electrons. The van der Waals surface area contributed by atoms with Crippen molar-refractivity contribution in [2.24, 2.45) is 0 Å². The monoisotopic (exact) mass is 330 g/mol. The van der Waals surface area contributed by atoms with Gasteiger partial charge in [-0.2, -0.15) is 0 Å². The predicted octanol–water partition coefficient (Wildman–Crippen LogP) is 5.23. The first-order valence-electron chi connectivity index (χ1n) is 7.37. The Kier molecular flexibility index (Phi) is 8.13. The van der Waals surface area contributed by atoms with E-state index in [9.17, 15) is 4.39 Å². The maximum atomic E-state index is 13.6. The third-order valence-corrected chi connectivity index (χ3v) is 3.23. The number of ether oxygens (including phenoxy) is 3. The summed E-state index contributed by atoms with van der Waals surface area (Å²) in [5, 5.41) is 0. The predicted molar refractivity (Wildman–Crippen MR) is 95.9 cm³/mol. The topological polar surface area (TPSA) is 27.7 Å². The number of rotatable bonds is 5. The zero-order chi connectivity index (χ0) is 17.9. The van der Waals surface area contributed by atoms with Crippen molar-refractivity contribution < 1.29 is 18.6 Å². The molecule has 0 amide bonds. The van der Waals surface area contributed by atoms with Gasteiger partial charge in [0.1, 0.15) is 5.75 Å². The number of benzene rings is 2. The van der Waals surface area contributed by atoms with Gasteiger partial charge < -0.3 is 14.2 Å². The molecule has 0 aromatic heterocycles. The summed E-state index contributed by atoms with van der Waals surface area (Å²) in [5.41, 5.74) is 1.70. The van der Waals surface area contributed by atoms with E-state index < -0.39 is 0 Å². The molecular formula is C20H23FO3. The van der Waals surface area contributed by atoms with Gasteiger partial charge in [0.25, 0.3) is 0 Å². The molecule has 24 heavy (non-hydrogen) atoms. The molecule has 0 aliphatic rings. The molecule has 0 aliphatic heterocycles. The Labute approximate surface area is 143 Å². The fraction of sp³-hybridized carbons (Fsp3) is 0.200. The SMILES string of the molecule is C=C/C=C(\C)OC.COc1cccc(-c2ccc(OC)c(F)c2)c1. The van der Waals surface area contributed by atoms with Crippen molar-refractivity contribution in [1.82, 2.24) is 0 Å². The van der Waals surface area contributed by atoms with Gasteiger partial charge in [-0.3, -0.25) is 0 Å². The first kappa shape index (κ1) is 19.3. The number of hydrogen-bond acceptors (Lipinski definition) is 3. The fourth-order valence-electron chi connectivity index (χ4n) is 1.88. The highest BCUT2D eigenvalue weighted by Gasteiger charge is 2.05. The number of allylic oxidation sites excluding steroid dienone is 3. The summed E-state index contributed by atoms with van der Waals surface area (Å²) < 4.78 is 28.4. The van der Waals surface area contributed by atoms with Gasteiger partial charge in [0, 0.05) is 0 Å². The molecule has 0 fully saturated rings. The second kappa shape index (κ2) is 10.1. The van der Waals surface area contributed by atoms with Crippen LogP contribution in [0.4, 0.5) is 4.39 Å². The third kappa shape index (κ3) is 5.80. The molecule has 0 unspecified atom stereocenters. The molecule has 2 rings (SSSR count). The fourth-order valence-corrected chi connectivity index (χ4v) is 1.88. The minimum Gasteiger partial charge on any atom is -0.501 e. The van der Waals surface area contributed by atoms with Crippen LogP contribution in [0.3, 0.4) is 0 Å². The quantitative estimate of drug-likeness (QED) is 0.555. The number of hydrogen-bond donors (Lipinski definition) is 0. The normalized spacial score (nSPS) is 10.3. The summed E-state index contributed by atoms with van der Waals surface area (Å²) in [4.78, 5) is 0. The molecule has 0 spiro atoms. The van der Waals surface area contributed by atoms with E-state index in [2.05, 4.69) is 6.58 Å². The summed E-state index contributed by atoms with van der Waals surface area (Å²) >= 11 is 0. The van der Waals surface area contributed by atoms with Crippen molar-refractivity contribution in [3.63, 3.8) is 0 Å². The highest BCUT2D eigenvalue weighted by Crippen LogP contribution is 2.27. The zero-order valence-electron chi connectivity index (χ0n) is 14.5. The molecule has 0 aliphatic carbocycles. The Morgan fingerprint density at radius 1 is 1.00 bits per heavy atom. The van der Waals surface area contributed by atoms with Crippen LogP contribution in [0.5, 0.6) is 11.5 Å². The molecule has 0 bridgehead atoms. The summed E-state index contributed by atoms with van der Waals surface area (Å²) in [7, 11) is 4.69. The van der Waals surface area contributed by atoms with E-state index in [0.717, 1.165) is 22.6 Å². The Morgan fingerprint density at radius 2 is 1.71 bits per heavy atom. The molecule has 0 radical (unpaired) electrons. The molecule has 3 nitrogen and oxygen atoms in total. The first-order valence-corrected chi connectivity index (χ1v) is 7.37. The summed E-state index contributed by atoms with van der Waals surface area (Å²) in [6.45, 7) is 5.37. The van der Waals surface area contributed by atoms with Crippen molar-refractivity contribution in [3.05, 3.63) is 72.8 Å². The van der Waals surface area contributed by atoms with Crippen LogP contribution in [0.1, 0.15) is 6.92 Å². The lowest BCUT2D eigenvalue weighted by Gasteiger charge is -2.07. The zero-order valence-corrected chi connectivity index (χ0v) is 14.5. The van der Waals surface area contributed by atoms with Crippen LogP contribution in [-0.4, -0.2) is 21.3 Å². The highest BCUT2D eigenvalue weighted by molar-refractivity contribution is 5.66. The Balaban J connectivity index is 0.000000351. The molecule has 2 aromatic carbocycles. The van der Waals surface area contributed by atoms with Crippen LogP contribution in [-0.2, 0) is 4.74 Å². The van der Waals surface area contributed by atoms with E-state index in [1.165, 1.54) is 13.2 Å². The average Bonchev–Trinajstić information content (AvgIpc) is 2.62. The van der Waals surface area contributed by atoms with Gasteiger partial charge in [-0.25, -0.2) is 4.39 Å².